The van der Waals surface area contributed by atoms with Crippen molar-refractivity contribution in [3.63, 3.8) is 0 Å². The number of rotatable bonds is 2. The van der Waals surface area contributed by atoms with Gasteiger partial charge in [0.25, 0.3) is 0 Å². The Bertz CT molecular complexity index is 633. The number of hydrogen-bond acceptors (Lipinski definition) is 3. The van der Waals surface area contributed by atoms with Crippen LogP contribution < -0.4 is 15.2 Å². The zero-order valence-electron chi connectivity index (χ0n) is 10.6. The van der Waals surface area contributed by atoms with E-state index in [1.165, 1.54) is 6.07 Å². The molecule has 0 spiro atoms. The molecule has 20 heavy (non-hydrogen) atoms. The first-order valence-corrected chi connectivity index (χ1v) is 6.24. The van der Waals surface area contributed by atoms with E-state index in [1.54, 1.807) is 0 Å². The number of hydrogen-bond donors (Lipinski definition) is 1. The summed E-state index contributed by atoms with van der Waals surface area (Å²) in [7, 11) is 0. The van der Waals surface area contributed by atoms with Crippen molar-refractivity contribution in [2.24, 2.45) is 5.73 Å². The molecule has 3 nitrogen and oxygen atoms in total. The predicted octanol–water partition coefficient (Wildman–Crippen LogP) is 2.80. The number of ether oxygens (including phenoxy) is 2. The Morgan fingerprint density at radius 2 is 1.95 bits per heavy atom. The van der Waals surface area contributed by atoms with Gasteiger partial charge < -0.3 is 15.2 Å². The molecule has 0 fully saturated rings. The van der Waals surface area contributed by atoms with E-state index < -0.39 is 23.8 Å². The molecule has 5 heteroatoms. The standard InChI is InChI=1S/C15H13F2NO2/c16-9-5-6-13(11(17)7-9)20-14-8-19-12-4-2-1-3-10(12)15(14)18/h1-7,14-15H,8,18H2. The third kappa shape index (κ3) is 2.32. The molecule has 0 aromatic heterocycles. The van der Waals surface area contributed by atoms with Gasteiger partial charge in [-0.1, -0.05) is 18.2 Å². The fraction of sp³-hybridized carbons (Fsp3) is 0.200. The normalized spacial score (nSPS) is 20.9. The Hall–Kier alpha value is -2.14. The molecular weight excluding hydrogens is 264 g/mol. The van der Waals surface area contributed by atoms with Crippen molar-refractivity contribution in [1.29, 1.82) is 0 Å². The maximum atomic E-state index is 13.6. The highest BCUT2D eigenvalue weighted by atomic mass is 19.1. The number of halogens is 2. The first-order chi connectivity index (χ1) is 9.65. The highest BCUT2D eigenvalue weighted by molar-refractivity contribution is 5.38. The van der Waals surface area contributed by atoms with E-state index in [0.29, 0.717) is 5.75 Å². The summed E-state index contributed by atoms with van der Waals surface area (Å²) in [5, 5.41) is 0. The van der Waals surface area contributed by atoms with Crippen LogP contribution in [0.4, 0.5) is 8.78 Å². The van der Waals surface area contributed by atoms with Crippen molar-refractivity contribution >= 4 is 0 Å². The molecule has 0 aliphatic carbocycles. The summed E-state index contributed by atoms with van der Waals surface area (Å²) in [5.74, 6) is -0.727. The van der Waals surface area contributed by atoms with Crippen molar-refractivity contribution in [3.05, 3.63) is 59.7 Å². The molecule has 2 N–H and O–H groups in total. The van der Waals surface area contributed by atoms with E-state index in [9.17, 15) is 8.78 Å². The van der Waals surface area contributed by atoms with Gasteiger partial charge in [0.2, 0.25) is 0 Å². The molecule has 2 unspecified atom stereocenters. The second-order valence-corrected chi connectivity index (χ2v) is 4.61. The van der Waals surface area contributed by atoms with Crippen LogP contribution in [0.3, 0.4) is 0 Å². The topological polar surface area (TPSA) is 44.5 Å². The minimum atomic E-state index is -0.754. The molecule has 2 atom stereocenters. The lowest BCUT2D eigenvalue weighted by atomic mass is 9.99. The van der Waals surface area contributed by atoms with Crippen LogP contribution in [0.2, 0.25) is 0 Å². The lowest BCUT2D eigenvalue weighted by molar-refractivity contribution is 0.0841. The number of para-hydroxylation sites is 1. The lowest BCUT2D eigenvalue weighted by Crippen LogP contribution is -2.40. The maximum Gasteiger partial charge on any atom is 0.167 e. The zero-order chi connectivity index (χ0) is 14.1. The number of benzene rings is 2. The second kappa shape index (κ2) is 5.09. The van der Waals surface area contributed by atoms with E-state index in [2.05, 4.69) is 0 Å². The van der Waals surface area contributed by atoms with E-state index >= 15 is 0 Å². The Kier molecular flexibility index (Phi) is 3.28. The second-order valence-electron chi connectivity index (χ2n) is 4.61. The number of nitrogens with two attached hydrogens (primary N) is 1. The summed E-state index contributed by atoms with van der Waals surface area (Å²) >= 11 is 0. The smallest absolute Gasteiger partial charge is 0.167 e. The molecule has 0 saturated heterocycles. The Labute approximate surface area is 114 Å². The van der Waals surface area contributed by atoms with Crippen LogP contribution in [0.15, 0.2) is 42.5 Å². The summed E-state index contributed by atoms with van der Waals surface area (Å²) in [5.41, 5.74) is 6.93. The van der Waals surface area contributed by atoms with Gasteiger partial charge in [-0.15, -0.1) is 0 Å². The van der Waals surface area contributed by atoms with Crippen molar-refractivity contribution in [1.82, 2.24) is 0 Å². The molecule has 1 aliphatic rings. The van der Waals surface area contributed by atoms with Crippen LogP contribution in [0, 0.1) is 11.6 Å². The van der Waals surface area contributed by atoms with Gasteiger partial charge in [-0.25, -0.2) is 8.78 Å². The average Bonchev–Trinajstić information content (AvgIpc) is 2.45. The molecule has 0 bridgehead atoms. The van der Waals surface area contributed by atoms with Crippen molar-refractivity contribution in [3.8, 4) is 11.5 Å². The first kappa shape index (κ1) is 12.9. The van der Waals surface area contributed by atoms with Gasteiger partial charge in [-0.3, -0.25) is 0 Å². The molecular formula is C15H13F2NO2. The van der Waals surface area contributed by atoms with Gasteiger partial charge in [0.05, 0.1) is 6.04 Å². The molecule has 1 aliphatic heterocycles. The van der Waals surface area contributed by atoms with Crippen molar-refractivity contribution in [2.45, 2.75) is 12.1 Å². The average molecular weight is 277 g/mol. The van der Waals surface area contributed by atoms with E-state index in [-0.39, 0.29) is 12.4 Å². The molecule has 0 saturated carbocycles. The van der Waals surface area contributed by atoms with Crippen molar-refractivity contribution < 1.29 is 18.3 Å². The minimum absolute atomic E-state index is 0.0326. The highest BCUT2D eigenvalue weighted by Gasteiger charge is 2.30. The molecule has 1 heterocycles. The minimum Gasteiger partial charge on any atom is -0.489 e. The summed E-state index contributed by atoms with van der Waals surface area (Å²) < 4.78 is 37.5. The van der Waals surface area contributed by atoms with Crippen LogP contribution in [0.1, 0.15) is 11.6 Å². The van der Waals surface area contributed by atoms with Crippen LogP contribution in [0.5, 0.6) is 11.5 Å². The quantitative estimate of drug-likeness (QED) is 0.918. The van der Waals surface area contributed by atoms with Crippen LogP contribution in [0.25, 0.3) is 0 Å². The summed E-state index contributed by atoms with van der Waals surface area (Å²) in [6.45, 7) is 0.217. The maximum absolute atomic E-state index is 13.6. The molecule has 2 aromatic carbocycles. The summed E-state index contributed by atoms with van der Waals surface area (Å²) in [6, 6.07) is 10.1. The molecule has 0 radical (unpaired) electrons. The zero-order valence-corrected chi connectivity index (χ0v) is 10.6. The SMILES string of the molecule is NC1c2ccccc2OCC1Oc1ccc(F)cc1F. The summed E-state index contributed by atoms with van der Waals surface area (Å²) in [4.78, 5) is 0. The van der Waals surface area contributed by atoms with Crippen LogP contribution >= 0.6 is 0 Å². The first-order valence-electron chi connectivity index (χ1n) is 6.24. The van der Waals surface area contributed by atoms with Gasteiger partial charge >= 0.3 is 0 Å². The fourth-order valence-electron chi connectivity index (χ4n) is 2.20. The lowest BCUT2D eigenvalue weighted by Gasteiger charge is -2.31. The monoisotopic (exact) mass is 277 g/mol. The summed E-state index contributed by atoms with van der Waals surface area (Å²) in [6.07, 6.45) is -0.523. The Morgan fingerprint density at radius 1 is 1.15 bits per heavy atom. The number of fused-ring (bicyclic) bond motifs is 1. The predicted molar refractivity (Wildman–Crippen MR) is 69.6 cm³/mol. The van der Waals surface area contributed by atoms with Gasteiger partial charge in [-0.2, -0.15) is 0 Å². The van der Waals surface area contributed by atoms with Gasteiger partial charge in [0, 0.05) is 11.6 Å². The third-order valence-electron chi connectivity index (χ3n) is 3.25. The van der Waals surface area contributed by atoms with Crippen LogP contribution in [-0.4, -0.2) is 12.7 Å². The molecule has 0 amide bonds. The molecule has 2 aromatic rings. The molecule has 3 rings (SSSR count). The Balaban J connectivity index is 1.83. The Morgan fingerprint density at radius 3 is 2.75 bits per heavy atom. The van der Waals surface area contributed by atoms with Gasteiger partial charge in [0.1, 0.15) is 18.2 Å². The van der Waals surface area contributed by atoms with Crippen molar-refractivity contribution in [2.75, 3.05) is 6.61 Å². The van der Waals surface area contributed by atoms with E-state index in [4.69, 9.17) is 15.2 Å². The van der Waals surface area contributed by atoms with Gasteiger partial charge in [-0.05, 0) is 18.2 Å². The van der Waals surface area contributed by atoms with Crippen LogP contribution in [-0.2, 0) is 0 Å². The van der Waals surface area contributed by atoms with Gasteiger partial charge in [0.15, 0.2) is 17.7 Å². The molecule has 104 valence electrons. The highest BCUT2D eigenvalue weighted by Crippen LogP contribution is 2.32. The third-order valence-corrected chi connectivity index (χ3v) is 3.25. The van der Waals surface area contributed by atoms with E-state index in [0.717, 1.165) is 17.7 Å². The largest absolute Gasteiger partial charge is 0.489 e. The van der Waals surface area contributed by atoms with E-state index in [1.807, 2.05) is 24.3 Å². The fourth-order valence-corrected chi connectivity index (χ4v) is 2.20.